The molecule has 1 heterocycles. The van der Waals surface area contributed by atoms with Crippen molar-refractivity contribution in [3.63, 3.8) is 0 Å². The number of halogens is 2. The van der Waals surface area contributed by atoms with Crippen LogP contribution in [0.3, 0.4) is 0 Å². The van der Waals surface area contributed by atoms with Gasteiger partial charge in [0.1, 0.15) is 0 Å². The Morgan fingerprint density at radius 3 is 2.69 bits per heavy atom. The Morgan fingerprint density at radius 1 is 1.62 bits per heavy atom. The molecule has 0 aliphatic rings. The molecule has 1 aromatic heterocycles. The first-order chi connectivity index (χ1) is 5.61. The van der Waals surface area contributed by atoms with Gasteiger partial charge < -0.3 is 5.11 Å². The van der Waals surface area contributed by atoms with Crippen LogP contribution in [0.2, 0.25) is 0 Å². The first-order valence-electron chi connectivity index (χ1n) is 3.46. The molecule has 13 heavy (non-hydrogen) atoms. The first kappa shape index (κ1) is 11.8. The summed E-state index contributed by atoms with van der Waals surface area (Å²) >= 11 is 0. The molecule has 1 aromatic rings. The van der Waals surface area contributed by atoms with Gasteiger partial charge in [0, 0.05) is 0 Å². The monoisotopic (exact) mass is 205 g/mol. The number of carboxylic acids is 1. The van der Waals surface area contributed by atoms with E-state index in [0.717, 1.165) is 0 Å². The number of pyridine rings is 1. The summed E-state index contributed by atoms with van der Waals surface area (Å²) in [6.45, 7) is 1.46. The average Bonchev–Trinajstić information content (AvgIpc) is 2.03. The van der Waals surface area contributed by atoms with Gasteiger partial charge in [-0.25, -0.2) is 4.98 Å². The summed E-state index contributed by atoms with van der Waals surface area (Å²) in [5.41, 5.74) is 0.238. The second-order valence-electron chi connectivity index (χ2n) is 2.45. The van der Waals surface area contributed by atoms with Gasteiger partial charge in [0.25, 0.3) is 0 Å². The van der Waals surface area contributed by atoms with Crippen molar-refractivity contribution in [2.45, 2.75) is 12.8 Å². The van der Waals surface area contributed by atoms with Gasteiger partial charge in [-0.3, -0.25) is 4.79 Å². The number of rotatable bonds is 2. The molecular formula is C8H9ClFNO2. The van der Waals surface area contributed by atoms with Gasteiger partial charge in [-0.1, -0.05) is 6.07 Å². The molecule has 1 atom stereocenters. The van der Waals surface area contributed by atoms with Crippen LogP contribution in [0.4, 0.5) is 4.39 Å². The summed E-state index contributed by atoms with van der Waals surface area (Å²) in [6.07, 6.45) is 0. The summed E-state index contributed by atoms with van der Waals surface area (Å²) in [5, 5.41) is 8.56. The Balaban J connectivity index is 0.00000144. The molecule has 0 saturated carbocycles. The van der Waals surface area contributed by atoms with Crippen LogP contribution in [0.5, 0.6) is 0 Å². The molecule has 72 valence electrons. The van der Waals surface area contributed by atoms with Crippen molar-refractivity contribution >= 4 is 18.4 Å². The minimum absolute atomic E-state index is 0. The lowest BCUT2D eigenvalue weighted by Gasteiger charge is -2.03. The van der Waals surface area contributed by atoms with Gasteiger partial charge in [-0.2, -0.15) is 4.39 Å². The molecule has 1 rings (SSSR count). The Labute approximate surface area is 81.0 Å². The van der Waals surface area contributed by atoms with E-state index in [1.165, 1.54) is 25.1 Å². The van der Waals surface area contributed by atoms with E-state index in [1.54, 1.807) is 0 Å². The van der Waals surface area contributed by atoms with Crippen molar-refractivity contribution in [3.8, 4) is 0 Å². The highest BCUT2D eigenvalue weighted by molar-refractivity contribution is 5.85. The lowest BCUT2D eigenvalue weighted by Crippen LogP contribution is -2.09. The highest BCUT2D eigenvalue weighted by Crippen LogP contribution is 2.12. The van der Waals surface area contributed by atoms with Crippen LogP contribution >= 0.6 is 12.4 Å². The normalized spacial score (nSPS) is 11.5. The molecule has 1 unspecified atom stereocenters. The average molecular weight is 206 g/mol. The number of carboxylic acid groups (broad SMARTS) is 1. The highest BCUT2D eigenvalue weighted by Gasteiger charge is 2.14. The fraction of sp³-hybridized carbons (Fsp3) is 0.250. The Hall–Kier alpha value is -1.16. The maximum Gasteiger partial charge on any atom is 0.312 e. The van der Waals surface area contributed by atoms with Crippen LogP contribution in [-0.2, 0) is 4.79 Å². The van der Waals surface area contributed by atoms with E-state index in [9.17, 15) is 9.18 Å². The maximum atomic E-state index is 12.5. The minimum atomic E-state index is -1.01. The quantitative estimate of drug-likeness (QED) is 0.750. The van der Waals surface area contributed by atoms with Crippen LogP contribution in [0.15, 0.2) is 18.2 Å². The minimum Gasteiger partial charge on any atom is -0.481 e. The molecule has 0 spiro atoms. The SMILES string of the molecule is CC(C(=O)O)c1cccc(F)n1.Cl. The number of nitrogens with zero attached hydrogens (tertiary/aromatic N) is 1. The molecule has 0 aliphatic carbocycles. The van der Waals surface area contributed by atoms with Gasteiger partial charge in [-0.15, -0.1) is 12.4 Å². The third-order valence-electron chi connectivity index (χ3n) is 1.55. The van der Waals surface area contributed by atoms with E-state index in [1.807, 2.05) is 0 Å². The van der Waals surface area contributed by atoms with Gasteiger partial charge in [-0.05, 0) is 19.1 Å². The first-order valence-corrected chi connectivity index (χ1v) is 3.46. The van der Waals surface area contributed by atoms with Crippen LogP contribution in [-0.4, -0.2) is 16.1 Å². The number of carbonyl (C=O) groups is 1. The second kappa shape index (κ2) is 4.77. The van der Waals surface area contributed by atoms with Crippen LogP contribution in [0, 0.1) is 5.95 Å². The van der Waals surface area contributed by atoms with Crippen LogP contribution in [0.1, 0.15) is 18.5 Å². The molecule has 0 radical (unpaired) electrons. The third-order valence-corrected chi connectivity index (χ3v) is 1.55. The number of hydrogen-bond acceptors (Lipinski definition) is 2. The number of hydrogen-bond donors (Lipinski definition) is 1. The molecule has 0 aromatic carbocycles. The summed E-state index contributed by atoms with van der Waals surface area (Å²) < 4.78 is 12.5. The molecule has 0 aliphatic heterocycles. The lowest BCUT2D eigenvalue weighted by molar-refractivity contribution is -0.138. The maximum absolute atomic E-state index is 12.5. The molecule has 5 heteroatoms. The van der Waals surface area contributed by atoms with E-state index in [4.69, 9.17) is 5.11 Å². The van der Waals surface area contributed by atoms with E-state index < -0.39 is 17.8 Å². The lowest BCUT2D eigenvalue weighted by atomic mass is 10.1. The van der Waals surface area contributed by atoms with Crippen molar-refractivity contribution in [3.05, 3.63) is 29.8 Å². The van der Waals surface area contributed by atoms with Crippen molar-refractivity contribution in [2.75, 3.05) is 0 Å². The van der Waals surface area contributed by atoms with Crippen molar-refractivity contribution in [2.24, 2.45) is 0 Å². The summed E-state index contributed by atoms with van der Waals surface area (Å²) in [4.78, 5) is 13.9. The molecular weight excluding hydrogens is 197 g/mol. The molecule has 1 N–H and O–H groups in total. The number of aliphatic carboxylic acids is 1. The topological polar surface area (TPSA) is 50.2 Å². The summed E-state index contributed by atoms with van der Waals surface area (Å²) in [5.74, 6) is -2.42. The Morgan fingerprint density at radius 2 is 2.23 bits per heavy atom. The summed E-state index contributed by atoms with van der Waals surface area (Å²) in [6, 6.07) is 4.11. The summed E-state index contributed by atoms with van der Waals surface area (Å²) in [7, 11) is 0. The van der Waals surface area contributed by atoms with Crippen molar-refractivity contribution in [1.82, 2.24) is 4.98 Å². The predicted molar refractivity (Wildman–Crippen MR) is 47.5 cm³/mol. The molecule has 0 bridgehead atoms. The third kappa shape index (κ3) is 2.99. The van der Waals surface area contributed by atoms with Crippen molar-refractivity contribution in [1.29, 1.82) is 0 Å². The van der Waals surface area contributed by atoms with Crippen LogP contribution in [0.25, 0.3) is 0 Å². The number of aromatic nitrogens is 1. The van der Waals surface area contributed by atoms with Gasteiger partial charge >= 0.3 is 5.97 Å². The zero-order valence-corrected chi connectivity index (χ0v) is 7.71. The van der Waals surface area contributed by atoms with Crippen LogP contribution < -0.4 is 0 Å². The zero-order chi connectivity index (χ0) is 9.14. The van der Waals surface area contributed by atoms with Gasteiger partial charge in [0.05, 0.1) is 11.6 Å². The van der Waals surface area contributed by atoms with Crippen molar-refractivity contribution < 1.29 is 14.3 Å². The molecule has 0 fully saturated rings. The second-order valence-corrected chi connectivity index (χ2v) is 2.45. The molecule has 0 saturated heterocycles. The smallest absolute Gasteiger partial charge is 0.312 e. The largest absolute Gasteiger partial charge is 0.481 e. The van der Waals surface area contributed by atoms with Gasteiger partial charge in [0.15, 0.2) is 0 Å². The van der Waals surface area contributed by atoms with E-state index in [2.05, 4.69) is 4.98 Å². The fourth-order valence-electron chi connectivity index (χ4n) is 0.792. The fourth-order valence-corrected chi connectivity index (χ4v) is 0.792. The zero-order valence-electron chi connectivity index (χ0n) is 6.90. The van der Waals surface area contributed by atoms with E-state index in [0.29, 0.717) is 0 Å². The van der Waals surface area contributed by atoms with E-state index >= 15 is 0 Å². The predicted octanol–water partition coefficient (Wildman–Crippen LogP) is 1.83. The standard InChI is InChI=1S/C8H8FNO2.ClH/c1-5(8(11)12)6-3-2-4-7(9)10-6;/h2-5H,1H3,(H,11,12);1H. The highest BCUT2D eigenvalue weighted by atomic mass is 35.5. The Kier molecular flexibility index (Phi) is 4.34. The molecule has 3 nitrogen and oxygen atoms in total. The van der Waals surface area contributed by atoms with E-state index in [-0.39, 0.29) is 18.1 Å². The Bertz CT molecular complexity index is 306. The van der Waals surface area contributed by atoms with Gasteiger partial charge in [0.2, 0.25) is 5.95 Å². The molecule has 0 amide bonds.